The molecule has 0 aliphatic carbocycles. The molecule has 0 aromatic carbocycles. The van der Waals surface area contributed by atoms with E-state index in [1.807, 2.05) is 0 Å². The van der Waals surface area contributed by atoms with Crippen LogP contribution in [0.15, 0.2) is 0 Å². The number of carboxylic acids is 1. The third-order valence-electron chi connectivity index (χ3n) is 0.877. The van der Waals surface area contributed by atoms with Gasteiger partial charge in [-0.25, -0.2) is 0 Å². The Balaban J connectivity index is 0. The molecule has 6 heteroatoms. The van der Waals surface area contributed by atoms with Crippen molar-refractivity contribution in [3.05, 3.63) is 0 Å². The van der Waals surface area contributed by atoms with Crippen molar-refractivity contribution in [3.63, 3.8) is 0 Å². The summed E-state index contributed by atoms with van der Waals surface area (Å²) in [6.45, 7) is 0.750. The van der Waals surface area contributed by atoms with E-state index < -0.39 is 12.0 Å². The van der Waals surface area contributed by atoms with Gasteiger partial charge in [0.05, 0.1) is 13.2 Å². The second-order valence-corrected chi connectivity index (χ2v) is 1.81. The monoisotopic (exact) mass is 184 g/mol. The Hall–Kier alpha value is -0.360. The first-order valence-electron chi connectivity index (χ1n) is 2.94. The van der Waals surface area contributed by atoms with Crippen LogP contribution in [0, 0.1) is 0 Å². The Morgan fingerprint density at radius 3 is 2.55 bits per heavy atom. The van der Waals surface area contributed by atoms with Gasteiger partial charge in [0.1, 0.15) is 6.04 Å². The fourth-order valence-corrected chi connectivity index (χ4v) is 0.365. The number of hydrogen-bond donors (Lipinski definition) is 3. The van der Waals surface area contributed by atoms with Crippen LogP contribution in [-0.2, 0) is 9.53 Å². The zero-order valence-electron chi connectivity index (χ0n) is 6.03. The number of carboxylic acid groups (broad SMARTS) is 1. The lowest BCUT2D eigenvalue weighted by Crippen LogP contribution is -2.35. The van der Waals surface area contributed by atoms with Gasteiger partial charge in [0.15, 0.2) is 0 Å². The van der Waals surface area contributed by atoms with E-state index in [0.29, 0.717) is 13.2 Å². The van der Waals surface area contributed by atoms with E-state index in [-0.39, 0.29) is 19.0 Å². The summed E-state index contributed by atoms with van der Waals surface area (Å²) in [7, 11) is 0. The van der Waals surface area contributed by atoms with E-state index in [1.54, 1.807) is 0 Å². The molecular weight excluding hydrogens is 172 g/mol. The average Bonchev–Trinajstić information content (AvgIpc) is 1.88. The molecule has 0 aliphatic heterocycles. The van der Waals surface area contributed by atoms with Crippen molar-refractivity contribution < 1.29 is 14.6 Å². The van der Waals surface area contributed by atoms with Crippen molar-refractivity contribution in [2.24, 2.45) is 11.5 Å². The molecule has 0 aromatic rings. The van der Waals surface area contributed by atoms with E-state index in [4.69, 9.17) is 21.3 Å². The first-order chi connectivity index (χ1) is 4.68. The highest BCUT2D eigenvalue weighted by Gasteiger charge is 2.09. The fraction of sp³-hybridized carbons (Fsp3) is 0.800. The largest absolute Gasteiger partial charge is 0.480 e. The van der Waals surface area contributed by atoms with Crippen LogP contribution in [0.3, 0.4) is 0 Å². The highest BCUT2D eigenvalue weighted by molar-refractivity contribution is 5.85. The fourth-order valence-electron chi connectivity index (χ4n) is 0.365. The van der Waals surface area contributed by atoms with E-state index in [2.05, 4.69) is 0 Å². The molecule has 11 heavy (non-hydrogen) atoms. The summed E-state index contributed by atoms with van der Waals surface area (Å²) in [6.07, 6.45) is 0. The SMILES string of the molecule is Cl.NCCOC[C@H](N)C(=O)O. The first-order valence-corrected chi connectivity index (χ1v) is 2.94. The summed E-state index contributed by atoms with van der Waals surface area (Å²) in [6, 6.07) is -0.938. The third kappa shape index (κ3) is 7.54. The van der Waals surface area contributed by atoms with Gasteiger partial charge in [-0.1, -0.05) is 0 Å². The summed E-state index contributed by atoms with van der Waals surface area (Å²) < 4.78 is 4.78. The van der Waals surface area contributed by atoms with Crippen LogP contribution in [-0.4, -0.2) is 36.9 Å². The van der Waals surface area contributed by atoms with Gasteiger partial charge in [-0.15, -0.1) is 12.4 Å². The van der Waals surface area contributed by atoms with Gasteiger partial charge in [-0.2, -0.15) is 0 Å². The van der Waals surface area contributed by atoms with E-state index >= 15 is 0 Å². The van der Waals surface area contributed by atoms with Gasteiger partial charge < -0.3 is 21.3 Å². The zero-order chi connectivity index (χ0) is 7.98. The van der Waals surface area contributed by atoms with Crippen LogP contribution >= 0.6 is 12.4 Å². The molecule has 0 heterocycles. The van der Waals surface area contributed by atoms with Gasteiger partial charge in [-0.3, -0.25) is 4.79 Å². The van der Waals surface area contributed by atoms with E-state index in [9.17, 15) is 4.79 Å². The molecule has 0 bridgehead atoms. The van der Waals surface area contributed by atoms with Crippen molar-refractivity contribution in [3.8, 4) is 0 Å². The van der Waals surface area contributed by atoms with Crippen molar-refractivity contribution in [1.82, 2.24) is 0 Å². The summed E-state index contributed by atoms with van der Waals surface area (Å²) in [5.74, 6) is -1.06. The van der Waals surface area contributed by atoms with Crippen LogP contribution in [0.1, 0.15) is 0 Å². The molecule has 0 unspecified atom stereocenters. The Labute approximate surface area is 71.1 Å². The molecule has 0 saturated carbocycles. The Morgan fingerprint density at radius 1 is 1.64 bits per heavy atom. The minimum atomic E-state index is -1.06. The second kappa shape index (κ2) is 7.74. The molecule has 0 amide bonds. The van der Waals surface area contributed by atoms with Crippen LogP contribution in [0.5, 0.6) is 0 Å². The third-order valence-corrected chi connectivity index (χ3v) is 0.877. The summed E-state index contributed by atoms with van der Waals surface area (Å²) in [5.41, 5.74) is 10.2. The highest BCUT2D eigenvalue weighted by atomic mass is 35.5. The van der Waals surface area contributed by atoms with Crippen LogP contribution in [0.25, 0.3) is 0 Å². The lowest BCUT2D eigenvalue weighted by atomic mass is 10.3. The molecule has 0 rings (SSSR count). The minimum absolute atomic E-state index is 0. The van der Waals surface area contributed by atoms with Gasteiger partial charge in [0.2, 0.25) is 0 Å². The standard InChI is InChI=1S/C5H12N2O3.ClH/c6-1-2-10-3-4(7)5(8)9;/h4H,1-3,6-7H2,(H,8,9);1H/t4-;/m0./s1. The number of ether oxygens (including phenoxy) is 1. The summed E-state index contributed by atoms with van der Waals surface area (Å²) in [4.78, 5) is 10.1. The predicted octanol–water partition coefficient (Wildman–Crippen LogP) is -1.20. The van der Waals surface area contributed by atoms with Gasteiger partial charge in [-0.05, 0) is 0 Å². The number of rotatable bonds is 5. The molecule has 0 aromatic heterocycles. The molecule has 5 N–H and O–H groups in total. The van der Waals surface area contributed by atoms with E-state index in [1.165, 1.54) is 0 Å². The topological polar surface area (TPSA) is 98.6 Å². The maximum Gasteiger partial charge on any atom is 0.322 e. The number of halogens is 1. The second-order valence-electron chi connectivity index (χ2n) is 1.81. The van der Waals surface area contributed by atoms with Gasteiger partial charge in [0.25, 0.3) is 0 Å². The summed E-state index contributed by atoms with van der Waals surface area (Å²) >= 11 is 0. The van der Waals surface area contributed by atoms with Crippen LogP contribution < -0.4 is 11.5 Å². The summed E-state index contributed by atoms with van der Waals surface area (Å²) in [5, 5.41) is 8.25. The Kier molecular flexibility index (Phi) is 9.32. The number of hydrogen-bond acceptors (Lipinski definition) is 4. The van der Waals surface area contributed by atoms with Crippen molar-refractivity contribution >= 4 is 18.4 Å². The van der Waals surface area contributed by atoms with Gasteiger partial charge in [0, 0.05) is 6.54 Å². The number of aliphatic carboxylic acids is 1. The average molecular weight is 185 g/mol. The highest BCUT2D eigenvalue weighted by Crippen LogP contribution is 1.80. The lowest BCUT2D eigenvalue weighted by Gasteiger charge is -2.05. The quantitative estimate of drug-likeness (QED) is 0.466. The van der Waals surface area contributed by atoms with Crippen molar-refractivity contribution in [1.29, 1.82) is 0 Å². The number of nitrogens with two attached hydrogens (primary N) is 2. The minimum Gasteiger partial charge on any atom is -0.480 e. The van der Waals surface area contributed by atoms with Crippen molar-refractivity contribution in [2.45, 2.75) is 6.04 Å². The molecule has 5 nitrogen and oxygen atoms in total. The molecule has 0 spiro atoms. The van der Waals surface area contributed by atoms with Crippen LogP contribution in [0.4, 0.5) is 0 Å². The predicted molar refractivity (Wildman–Crippen MR) is 42.7 cm³/mol. The van der Waals surface area contributed by atoms with Crippen LogP contribution in [0.2, 0.25) is 0 Å². The Morgan fingerprint density at radius 2 is 2.18 bits per heavy atom. The van der Waals surface area contributed by atoms with Gasteiger partial charge >= 0.3 is 5.97 Å². The van der Waals surface area contributed by atoms with E-state index in [0.717, 1.165) is 0 Å². The molecular formula is C5H13ClN2O3. The maximum absolute atomic E-state index is 10.1. The molecule has 0 aliphatic rings. The van der Waals surface area contributed by atoms with Crippen molar-refractivity contribution in [2.75, 3.05) is 19.8 Å². The smallest absolute Gasteiger partial charge is 0.322 e. The number of carbonyl (C=O) groups is 1. The first kappa shape index (κ1) is 13.2. The molecule has 68 valence electrons. The Bertz CT molecular complexity index is 112. The normalized spacial score (nSPS) is 11.8. The zero-order valence-corrected chi connectivity index (χ0v) is 6.84. The molecule has 0 radical (unpaired) electrons. The molecule has 0 saturated heterocycles. The molecule has 0 fully saturated rings. The molecule has 1 atom stereocenters. The lowest BCUT2D eigenvalue weighted by molar-refractivity contribution is -0.139. The maximum atomic E-state index is 10.1.